The summed E-state index contributed by atoms with van der Waals surface area (Å²) in [5, 5.41) is 3.88. The van der Waals surface area contributed by atoms with E-state index in [-0.39, 0.29) is 17.7 Å². The molecule has 9 nitrogen and oxygen atoms in total. The fourth-order valence-corrected chi connectivity index (χ4v) is 2.42. The van der Waals surface area contributed by atoms with Crippen LogP contribution in [-0.4, -0.2) is 30.8 Å². The smallest absolute Gasteiger partial charge is 0.315 e. The van der Waals surface area contributed by atoms with Crippen LogP contribution in [0.15, 0.2) is 51.3 Å². The largest absolute Gasteiger partial charge is 0.332 e. The van der Waals surface area contributed by atoms with Crippen molar-refractivity contribution < 1.29 is 4.79 Å². The molecule has 25 heavy (non-hydrogen) atoms. The molecule has 128 valence electrons. The first-order valence-corrected chi connectivity index (χ1v) is 7.47. The van der Waals surface area contributed by atoms with Crippen LogP contribution >= 0.6 is 0 Å². The van der Waals surface area contributed by atoms with Crippen LogP contribution in [0, 0.1) is 0 Å². The lowest BCUT2D eigenvalue weighted by Gasteiger charge is -2.05. The van der Waals surface area contributed by atoms with Gasteiger partial charge in [0.15, 0.2) is 11.2 Å². The summed E-state index contributed by atoms with van der Waals surface area (Å²) >= 11 is 0. The molecule has 0 aliphatic heterocycles. The van der Waals surface area contributed by atoms with Crippen LogP contribution in [0.1, 0.15) is 5.56 Å². The zero-order valence-electron chi connectivity index (χ0n) is 13.7. The molecular formula is C16H16N6O3. The van der Waals surface area contributed by atoms with Crippen LogP contribution in [-0.2, 0) is 25.4 Å². The molecule has 0 aliphatic carbocycles. The van der Waals surface area contributed by atoms with Crippen LogP contribution in [0.3, 0.4) is 0 Å². The van der Waals surface area contributed by atoms with Crippen molar-refractivity contribution >= 4 is 23.3 Å². The van der Waals surface area contributed by atoms with Gasteiger partial charge in [-0.2, -0.15) is 5.10 Å². The van der Waals surface area contributed by atoms with Gasteiger partial charge in [-0.15, -0.1) is 0 Å². The van der Waals surface area contributed by atoms with Crippen LogP contribution in [0.2, 0.25) is 0 Å². The topological polar surface area (TPSA) is 103 Å². The minimum Gasteiger partial charge on any atom is -0.315 e. The summed E-state index contributed by atoms with van der Waals surface area (Å²) in [6.07, 6.45) is 2.87. The molecule has 1 amide bonds. The zero-order valence-corrected chi connectivity index (χ0v) is 13.7. The molecule has 0 saturated heterocycles. The van der Waals surface area contributed by atoms with E-state index in [4.69, 9.17) is 0 Å². The van der Waals surface area contributed by atoms with E-state index >= 15 is 0 Å². The number of hydrogen-bond donors (Lipinski definition) is 1. The Morgan fingerprint density at radius 3 is 2.64 bits per heavy atom. The molecule has 0 radical (unpaired) electrons. The Hall–Kier alpha value is -3.49. The summed E-state index contributed by atoms with van der Waals surface area (Å²) in [4.78, 5) is 40.3. The minimum absolute atomic E-state index is 0.143. The molecule has 3 aromatic rings. The molecule has 0 spiro atoms. The van der Waals surface area contributed by atoms with Gasteiger partial charge in [-0.25, -0.2) is 15.2 Å². The number of benzene rings is 1. The number of aryl methyl sites for hydroxylation is 1. The summed E-state index contributed by atoms with van der Waals surface area (Å²) < 4.78 is 3.63. The quantitative estimate of drug-likeness (QED) is 0.515. The maximum absolute atomic E-state index is 12.3. The summed E-state index contributed by atoms with van der Waals surface area (Å²) in [5.74, 6) is -0.414. The maximum atomic E-state index is 12.3. The number of aromatic nitrogens is 4. The maximum Gasteiger partial charge on any atom is 0.332 e. The number of fused-ring (bicyclic) bond motifs is 1. The molecule has 0 aliphatic rings. The molecule has 1 N–H and O–H groups in total. The molecule has 0 saturated carbocycles. The second-order valence-corrected chi connectivity index (χ2v) is 5.45. The predicted molar refractivity (Wildman–Crippen MR) is 92.4 cm³/mol. The Bertz CT molecular complexity index is 1070. The van der Waals surface area contributed by atoms with E-state index in [2.05, 4.69) is 15.5 Å². The Labute approximate surface area is 141 Å². The van der Waals surface area contributed by atoms with E-state index in [1.165, 1.54) is 35.8 Å². The van der Waals surface area contributed by atoms with Crippen LogP contribution in [0.5, 0.6) is 0 Å². The van der Waals surface area contributed by atoms with E-state index in [9.17, 15) is 14.4 Å². The molecular weight excluding hydrogens is 324 g/mol. The summed E-state index contributed by atoms with van der Waals surface area (Å²) in [7, 11) is 2.90. The Morgan fingerprint density at radius 1 is 1.20 bits per heavy atom. The average Bonchev–Trinajstić information content (AvgIpc) is 3.02. The first-order valence-electron chi connectivity index (χ1n) is 7.47. The van der Waals surface area contributed by atoms with Gasteiger partial charge in [0.1, 0.15) is 6.54 Å². The number of carbonyl (C=O) groups is 1. The minimum atomic E-state index is -0.504. The van der Waals surface area contributed by atoms with E-state index in [0.717, 1.165) is 10.1 Å². The van der Waals surface area contributed by atoms with E-state index < -0.39 is 17.2 Å². The molecule has 1 aromatic carbocycles. The number of carbonyl (C=O) groups excluding carboxylic acids is 1. The lowest BCUT2D eigenvalue weighted by atomic mass is 10.2. The van der Waals surface area contributed by atoms with Gasteiger partial charge in [0.25, 0.3) is 11.5 Å². The van der Waals surface area contributed by atoms with Crippen LogP contribution < -0.4 is 16.7 Å². The van der Waals surface area contributed by atoms with Gasteiger partial charge in [-0.3, -0.25) is 18.7 Å². The molecule has 2 heterocycles. The second kappa shape index (κ2) is 6.56. The van der Waals surface area contributed by atoms with Crippen molar-refractivity contribution in [2.75, 3.05) is 0 Å². The van der Waals surface area contributed by atoms with E-state index in [1.54, 1.807) is 0 Å². The Morgan fingerprint density at radius 2 is 1.92 bits per heavy atom. The van der Waals surface area contributed by atoms with Crippen molar-refractivity contribution in [2.45, 2.75) is 6.54 Å². The third-order valence-electron chi connectivity index (χ3n) is 3.73. The van der Waals surface area contributed by atoms with Crippen molar-refractivity contribution in [3.05, 3.63) is 63.1 Å². The molecule has 2 aromatic heterocycles. The first kappa shape index (κ1) is 16.4. The molecule has 9 heteroatoms. The molecule has 0 bridgehead atoms. The van der Waals surface area contributed by atoms with Gasteiger partial charge in [-0.1, -0.05) is 30.3 Å². The third-order valence-corrected chi connectivity index (χ3v) is 3.73. The number of amides is 1. The highest BCUT2D eigenvalue weighted by Crippen LogP contribution is 2.05. The normalized spacial score (nSPS) is 11.3. The number of hydrazone groups is 1. The van der Waals surface area contributed by atoms with Crippen molar-refractivity contribution in [2.24, 2.45) is 19.2 Å². The number of nitrogens with zero attached hydrogens (tertiary/aromatic N) is 5. The van der Waals surface area contributed by atoms with E-state index in [1.807, 2.05) is 30.3 Å². The number of nitrogens with one attached hydrogen (secondary N) is 1. The van der Waals surface area contributed by atoms with Gasteiger partial charge in [0, 0.05) is 14.1 Å². The van der Waals surface area contributed by atoms with Gasteiger partial charge in [-0.05, 0) is 5.56 Å². The number of hydrogen-bond acceptors (Lipinski definition) is 5. The van der Waals surface area contributed by atoms with Crippen LogP contribution in [0.25, 0.3) is 11.2 Å². The van der Waals surface area contributed by atoms with Crippen LogP contribution in [0.4, 0.5) is 0 Å². The van der Waals surface area contributed by atoms with Gasteiger partial charge < -0.3 is 4.57 Å². The highest BCUT2D eigenvalue weighted by Gasteiger charge is 2.15. The lowest BCUT2D eigenvalue weighted by Crippen LogP contribution is -2.38. The van der Waals surface area contributed by atoms with Crippen molar-refractivity contribution in [3.63, 3.8) is 0 Å². The van der Waals surface area contributed by atoms with Crippen molar-refractivity contribution in [3.8, 4) is 0 Å². The SMILES string of the molecule is Cn1c(=O)c2c(ncn2CC(=O)N/N=C\c2ccccc2)n(C)c1=O. The molecule has 0 atom stereocenters. The van der Waals surface area contributed by atoms with Crippen molar-refractivity contribution in [1.82, 2.24) is 24.1 Å². The standard InChI is InChI=1S/C16H16N6O3/c1-20-14-13(15(24)21(2)16(20)25)22(10-17-14)9-12(23)19-18-8-11-6-4-3-5-7-11/h3-8,10H,9H2,1-2H3,(H,19,23)/b18-8-. The number of imidazole rings is 1. The highest BCUT2D eigenvalue weighted by atomic mass is 16.2. The van der Waals surface area contributed by atoms with Gasteiger partial charge in [0.2, 0.25) is 0 Å². The van der Waals surface area contributed by atoms with Gasteiger partial charge in [0.05, 0.1) is 12.5 Å². The molecule has 0 fully saturated rings. The lowest BCUT2D eigenvalue weighted by molar-refractivity contribution is -0.121. The van der Waals surface area contributed by atoms with Crippen molar-refractivity contribution in [1.29, 1.82) is 0 Å². The fraction of sp³-hybridized carbons (Fsp3) is 0.188. The number of rotatable bonds is 4. The zero-order chi connectivity index (χ0) is 18.0. The summed E-state index contributed by atoms with van der Waals surface area (Å²) in [6, 6.07) is 9.31. The second-order valence-electron chi connectivity index (χ2n) is 5.45. The predicted octanol–water partition coefficient (Wildman–Crippen LogP) is -0.416. The summed E-state index contributed by atoms with van der Waals surface area (Å²) in [5.41, 5.74) is 2.69. The highest BCUT2D eigenvalue weighted by molar-refractivity contribution is 5.83. The Balaban J connectivity index is 1.82. The van der Waals surface area contributed by atoms with Gasteiger partial charge >= 0.3 is 5.69 Å². The van der Waals surface area contributed by atoms with E-state index in [0.29, 0.717) is 0 Å². The summed E-state index contributed by atoms with van der Waals surface area (Å²) in [6.45, 7) is -0.143. The first-order chi connectivity index (χ1) is 12.0. The molecule has 0 unspecified atom stereocenters. The fourth-order valence-electron chi connectivity index (χ4n) is 2.42. The molecule has 3 rings (SSSR count). The Kier molecular flexibility index (Phi) is 4.29. The monoisotopic (exact) mass is 340 g/mol. The third kappa shape index (κ3) is 3.11. The average molecular weight is 340 g/mol.